The molecule has 2 fully saturated rings. The van der Waals surface area contributed by atoms with E-state index in [4.69, 9.17) is 11.6 Å². The van der Waals surface area contributed by atoms with Crippen molar-refractivity contribution in [2.24, 2.45) is 5.92 Å². The molecule has 0 aromatic heterocycles. The Morgan fingerprint density at radius 3 is 2.43 bits per heavy atom. The molecule has 3 rings (SSSR count). The molecule has 0 radical (unpaired) electrons. The summed E-state index contributed by atoms with van der Waals surface area (Å²) >= 11 is 5.95. The summed E-state index contributed by atoms with van der Waals surface area (Å²) in [5, 5.41) is 3.75. The van der Waals surface area contributed by atoms with Crippen molar-refractivity contribution in [3.05, 3.63) is 34.9 Å². The lowest BCUT2D eigenvalue weighted by Gasteiger charge is -2.33. The fourth-order valence-electron chi connectivity index (χ4n) is 3.54. The van der Waals surface area contributed by atoms with E-state index in [1.54, 1.807) is 24.3 Å². The molecular weight excluding hydrogens is 312 g/mol. The molecule has 0 spiro atoms. The molecule has 1 aliphatic heterocycles. The number of carbonyl (C=O) groups excluding carboxylic acids is 2. The maximum Gasteiger partial charge on any atom is 0.253 e. The average molecular weight is 335 g/mol. The van der Waals surface area contributed by atoms with Crippen LogP contribution in [0.25, 0.3) is 0 Å². The summed E-state index contributed by atoms with van der Waals surface area (Å²) in [6, 6.07) is 7.26. The molecular formula is C18H23ClN2O2. The van der Waals surface area contributed by atoms with Crippen molar-refractivity contribution in [2.75, 3.05) is 13.1 Å². The quantitative estimate of drug-likeness (QED) is 0.922. The fraction of sp³-hybridized carbons (Fsp3) is 0.556. The Kier molecular flexibility index (Phi) is 5.21. The lowest BCUT2D eigenvalue weighted by Crippen LogP contribution is -2.47. The van der Waals surface area contributed by atoms with E-state index in [9.17, 15) is 9.59 Å². The van der Waals surface area contributed by atoms with Gasteiger partial charge in [-0.3, -0.25) is 9.59 Å². The number of amides is 2. The second-order valence-electron chi connectivity index (χ2n) is 6.57. The fourth-order valence-corrected chi connectivity index (χ4v) is 3.73. The summed E-state index contributed by atoms with van der Waals surface area (Å²) in [7, 11) is 0. The highest BCUT2D eigenvalue weighted by Crippen LogP contribution is 2.25. The van der Waals surface area contributed by atoms with E-state index in [1.807, 2.05) is 4.90 Å². The largest absolute Gasteiger partial charge is 0.353 e. The highest BCUT2D eigenvalue weighted by atomic mass is 35.5. The number of halogens is 1. The van der Waals surface area contributed by atoms with E-state index >= 15 is 0 Å². The first-order chi connectivity index (χ1) is 11.1. The van der Waals surface area contributed by atoms with Gasteiger partial charge in [-0.2, -0.15) is 0 Å². The van der Waals surface area contributed by atoms with Crippen LogP contribution in [0, 0.1) is 5.92 Å². The van der Waals surface area contributed by atoms with E-state index in [1.165, 1.54) is 12.8 Å². The molecule has 124 valence electrons. The first-order valence-corrected chi connectivity index (χ1v) is 8.86. The molecule has 5 heteroatoms. The molecule has 1 aromatic carbocycles. The number of nitrogens with zero attached hydrogens (tertiary/aromatic N) is 1. The predicted molar refractivity (Wildman–Crippen MR) is 90.5 cm³/mol. The number of hydrogen-bond acceptors (Lipinski definition) is 2. The highest BCUT2D eigenvalue weighted by molar-refractivity contribution is 6.30. The summed E-state index contributed by atoms with van der Waals surface area (Å²) in [5.41, 5.74) is 0.631. The van der Waals surface area contributed by atoms with Crippen LogP contribution in [0.5, 0.6) is 0 Å². The van der Waals surface area contributed by atoms with Gasteiger partial charge in [-0.15, -0.1) is 0 Å². The minimum absolute atomic E-state index is 0.0214. The molecule has 1 saturated carbocycles. The topological polar surface area (TPSA) is 49.4 Å². The molecule has 2 aliphatic rings. The zero-order chi connectivity index (χ0) is 16.2. The molecule has 1 heterocycles. The van der Waals surface area contributed by atoms with Gasteiger partial charge in [0, 0.05) is 35.6 Å². The maximum atomic E-state index is 12.5. The summed E-state index contributed by atoms with van der Waals surface area (Å²) in [4.78, 5) is 26.5. The van der Waals surface area contributed by atoms with Crippen LogP contribution in [0.4, 0.5) is 0 Å². The van der Waals surface area contributed by atoms with Gasteiger partial charge in [0.25, 0.3) is 5.91 Å². The van der Waals surface area contributed by atoms with Crippen molar-refractivity contribution in [1.82, 2.24) is 10.2 Å². The Hall–Kier alpha value is -1.55. The van der Waals surface area contributed by atoms with Gasteiger partial charge in [0.2, 0.25) is 5.91 Å². The van der Waals surface area contributed by atoms with Gasteiger partial charge in [0.05, 0.1) is 0 Å². The van der Waals surface area contributed by atoms with Gasteiger partial charge in [0.1, 0.15) is 0 Å². The molecule has 0 bridgehead atoms. The van der Waals surface area contributed by atoms with Gasteiger partial charge in [-0.25, -0.2) is 0 Å². The number of rotatable bonds is 3. The van der Waals surface area contributed by atoms with Crippen molar-refractivity contribution in [3.8, 4) is 0 Å². The van der Waals surface area contributed by atoms with Gasteiger partial charge in [0.15, 0.2) is 0 Å². The number of carbonyl (C=O) groups is 2. The van der Waals surface area contributed by atoms with Crippen molar-refractivity contribution < 1.29 is 9.59 Å². The van der Waals surface area contributed by atoms with E-state index < -0.39 is 0 Å². The number of likely N-dealkylation sites (tertiary alicyclic amines) is 1. The van der Waals surface area contributed by atoms with E-state index in [2.05, 4.69) is 5.32 Å². The van der Waals surface area contributed by atoms with Crippen molar-refractivity contribution in [1.29, 1.82) is 0 Å². The summed E-state index contributed by atoms with van der Waals surface area (Å²) in [5.74, 6) is 0.441. The third-order valence-corrected chi connectivity index (χ3v) is 5.16. The standard InChI is InChI=1S/C18H23ClN2O2/c19-15-7-3-6-14(12-15)18(23)21-10-8-16(9-11-21)20-17(22)13-4-1-2-5-13/h3,6-7,12-13,16H,1-2,4-5,8-11H2,(H,20,22). The second-order valence-corrected chi connectivity index (χ2v) is 7.00. The molecule has 1 aromatic rings. The molecule has 2 amide bonds. The van der Waals surface area contributed by atoms with Crippen molar-refractivity contribution >= 4 is 23.4 Å². The molecule has 0 atom stereocenters. The van der Waals surface area contributed by atoms with Crippen LogP contribution in [0.1, 0.15) is 48.9 Å². The number of piperidine rings is 1. The van der Waals surface area contributed by atoms with Gasteiger partial charge >= 0.3 is 0 Å². The molecule has 23 heavy (non-hydrogen) atoms. The van der Waals surface area contributed by atoms with Gasteiger partial charge < -0.3 is 10.2 Å². The minimum Gasteiger partial charge on any atom is -0.353 e. The Labute approximate surface area is 142 Å². The first-order valence-electron chi connectivity index (χ1n) is 8.49. The lowest BCUT2D eigenvalue weighted by molar-refractivity contribution is -0.125. The molecule has 1 aliphatic carbocycles. The van der Waals surface area contributed by atoms with E-state index in [-0.39, 0.29) is 23.8 Å². The Balaban J connectivity index is 1.50. The highest BCUT2D eigenvalue weighted by Gasteiger charge is 2.28. The third kappa shape index (κ3) is 4.05. The monoisotopic (exact) mass is 334 g/mol. The Bertz CT molecular complexity index is 576. The zero-order valence-electron chi connectivity index (χ0n) is 13.3. The average Bonchev–Trinajstić information content (AvgIpc) is 3.09. The van der Waals surface area contributed by atoms with Crippen molar-refractivity contribution in [2.45, 2.75) is 44.6 Å². The summed E-state index contributed by atoms with van der Waals surface area (Å²) < 4.78 is 0. The van der Waals surface area contributed by atoms with Crippen LogP contribution in [0.3, 0.4) is 0 Å². The Morgan fingerprint density at radius 2 is 1.78 bits per heavy atom. The maximum absolute atomic E-state index is 12.5. The van der Waals surface area contributed by atoms with Crippen LogP contribution in [-0.4, -0.2) is 35.8 Å². The number of nitrogens with one attached hydrogen (secondary N) is 1. The van der Waals surface area contributed by atoms with Crippen LogP contribution < -0.4 is 5.32 Å². The predicted octanol–water partition coefficient (Wildman–Crippen LogP) is 3.25. The SMILES string of the molecule is O=C(NC1CCN(C(=O)c2cccc(Cl)c2)CC1)C1CCCC1. The van der Waals surface area contributed by atoms with Gasteiger partial charge in [-0.1, -0.05) is 30.5 Å². The summed E-state index contributed by atoms with van der Waals surface area (Å²) in [6.45, 7) is 1.36. The van der Waals surface area contributed by atoms with E-state index in [0.29, 0.717) is 23.7 Å². The summed E-state index contributed by atoms with van der Waals surface area (Å²) in [6.07, 6.45) is 6.04. The first kappa shape index (κ1) is 16.3. The van der Waals surface area contributed by atoms with Crippen LogP contribution in [0.15, 0.2) is 24.3 Å². The van der Waals surface area contributed by atoms with Crippen molar-refractivity contribution in [3.63, 3.8) is 0 Å². The number of benzene rings is 1. The molecule has 1 saturated heterocycles. The van der Waals surface area contributed by atoms with E-state index in [0.717, 1.165) is 25.7 Å². The Morgan fingerprint density at radius 1 is 1.09 bits per heavy atom. The smallest absolute Gasteiger partial charge is 0.253 e. The van der Waals surface area contributed by atoms with Crippen LogP contribution >= 0.6 is 11.6 Å². The van der Waals surface area contributed by atoms with Gasteiger partial charge in [-0.05, 0) is 43.9 Å². The zero-order valence-corrected chi connectivity index (χ0v) is 14.0. The second kappa shape index (κ2) is 7.35. The number of hydrogen-bond donors (Lipinski definition) is 1. The third-order valence-electron chi connectivity index (χ3n) is 4.93. The van der Waals surface area contributed by atoms with Crippen LogP contribution in [-0.2, 0) is 4.79 Å². The normalized spacial score (nSPS) is 19.8. The molecule has 1 N–H and O–H groups in total. The molecule has 4 nitrogen and oxygen atoms in total. The molecule has 0 unspecified atom stereocenters. The van der Waals surface area contributed by atoms with Crippen LogP contribution in [0.2, 0.25) is 5.02 Å². The minimum atomic E-state index is 0.0214. The lowest BCUT2D eigenvalue weighted by atomic mass is 10.0.